The van der Waals surface area contributed by atoms with Gasteiger partial charge in [-0.25, -0.2) is 14.1 Å². The smallest absolute Gasteiger partial charge is 0.257 e. The molecule has 13 heteroatoms. The number of nitrogens with zero attached hydrogens (tertiary/aromatic N) is 9. The van der Waals surface area contributed by atoms with Gasteiger partial charge in [0.1, 0.15) is 17.9 Å². The summed E-state index contributed by atoms with van der Waals surface area (Å²) in [6.07, 6.45) is 6.76. The number of halogens is 1. The Morgan fingerprint density at radius 1 is 1.04 bits per heavy atom. The van der Waals surface area contributed by atoms with Gasteiger partial charge in [0.2, 0.25) is 5.95 Å². The van der Waals surface area contributed by atoms with E-state index in [0.717, 1.165) is 73.7 Å². The number of benzene rings is 3. The van der Waals surface area contributed by atoms with Crippen LogP contribution < -0.4 is 9.64 Å². The van der Waals surface area contributed by atoms with Gasteiger partial charge in [-0.2, -0.15) is 0 Å². The van der Waals surface area contributed by atoms with E-state index in [-0.39, 0.29) is 17.6 Å². The normalized spacial score (nSPS) is 14.5. The monoisotopic (exact) mass is 677 g/mol. The van der Waals surface area contributed by atoms with Crippen LogP contribution in [-0.4, -0.2) is 98.9 Å². The van der Waals surface area contributed by atoms with Crippen LogP contribution in [0.2, 0.25) is 0 Å². The van der Waals surface area contributed by atoms with Crippen molar-refractivity contribution in [3.05, 3.63) is 114 Å². The van der Waals surface area contributed by atoms with Crippen LogP contribution in [0.5, 0.6) is 5.75 Å². The van der Waals surface area contributed by atoms with Crippen LogP contribution in [-0.2, 0) is 6.54 Å². The molecule has 7 rings (SSSR count). The van der Waals surface area contributed by atoms with Gasteiger partial charge in [0, 0.05) is 44.7 Å². The number of hydrogen-bond donors (Lipinski definition) is 0. The highest BCUT2D eigenvalue weighted by molar-refractivity contribution is 5.97. The molecule has 1 fully saturated rings. The van der Waals surface area contributed by atoms with Crippen LogP contribution in [0.4, 0.5) is 10.3 Å². The van der Waals surface area contributed by atoms with Gasteiger partial charge in [0.15, 0.2) is 0 Å². The summed E-state index contributed by atoms with van der Waals surface area (Å²) < 4.78 is 28.7. The fourth-order valence-electron chi connectivity index (χ4n) is 6.76. The van der Waals surface area contributed by atoms with E-state index in [4.69, 9.17) is 14.1 Å². The van der Waals surface area contributed by atoms with E-state index in [9.17, 15) is 9.18 Å². The second kappa shape index (κ2) is 14.9. The average molecular weight is 678 g/mol. The van der Waals surface area contributed by atoms with Crippen molar-refractivity contribution in [3.63, 3.8) is 0 Å². The number of amides is 1. The third kappa shape index (κ3) is 7.22. The Labute approximate surface area is 289 Å². The molecule has 0 spiro atoms. The molecular weight excluding hydrogens is 637 g/mol. The van der Waals surface area contributed by atoms with Crippen molar-refractivity contribution >= 4 is 22.9 Å². The maximum absolute atomic E-state index is 14.0. The van der Waals surface area contributed by atoms with Gasteiger partial charge in [-0.15, -0.1) is 5.10 Å². The van der Waals surface area contributed by atoms with Gasteiger partial charge in [0.25, 0.3) is 5.91 Å². The number of methoxy groups -OCH3 is 1. The largest absolute Gasteiger partial charge is 0.496 e. The lowest BCUT2D eigenvalue weighted by Gasteiger charge is -2.28. The summed E-state index contributed by atoms with van der Waals surface area (Å²) in [5, 5.41) is 11.4. The van der Waals surface area contributed by atoms with Gasteiger partial charge >= 0.3 is 0 Å². The lowest BCUT2D eigenvalue weighted by molar-refractivity contribution is 0.0779. The summed E-state index contributed by atoms with van der Waals surface area (Å²) in [5.41, 5.74) is 5.23. The summed E-state index contributed by atoms with van der Waals surface area (Å²) >= 11 is 0. The van der Waals surface area contributed by atoms with Crippen LogP contribution in [0.25, 0.3) is 16.7 Å². The molecule has 1 unspecified atom stereocenters. The summed E-state index contributed by atoms with van der Waals surface area (Å²) in [6.45, 7) is 5.53. The number of aromatic nitrogens is 6. The number of anilines is 1. The van der Waals surface area contributed by atoms with E-state index < -0.39 is 0 Å². The fourth-order valence-corrected chi connectivity index (χ4v) is 6.76. The molecule has 50 heavy (non-hydrogen) atoms. The molecule has 4 heterocycles. The zero-order valence-electron chi connectivity index (χ0n) is 28.2. The standard InChI is InChI=1S/C37H40FN9O3/c1-43(36(48)32-22-31(12-13-35(32)49-2)47-26-39-41-42-47)24-29(28-8-10-30(38)11-9-28)14-18-44-16-5-17-45(20-19-44)37-40-33-6-3-4-7-34(33)46(37)23-27-15-21-50-25-27/h3-4,6-13,15,21-22,25-26,29H,5,14,16-20,23-24H2,1-2H3. The minimum Gasteiger partial charge on any atom is -0.496 e. The van der Waals surface area contributed by atoms with Gasteiger partial charge in [-0.1, -0.05) is 24.3 Å². The van der Waals surface area contributed by atoms with E-state index in [1.165, 1.54) is 23.1 Å². The first kappa shape index (κ1) is 33.0. The van der Waals surface area contributed by atoms with Crippen molar-refractivity contribution in [1.82, 2.24) is 39.6 Å². The van der Waals surface area contributed by atoms with E-state index in [0.29, 0.717) is 30.1 Å². The van der Waals surface area contributed by atoms with Crippen LogP contribution in [0.1, 0.15) is 40.2 Å². The number of carbonyl (C=O) groups excluding carboxylic acids is 1. The number of furan rings is 1. The second-order valence-electron chi connectivity index (χ2n) is 12.7. The molecule has 0 radical (unpaired) electrons. The van der Waals surface area contributed by atoms with Crippen molar-refractivity contribution in [2.75, 3.05) is 58.3 Å². The Kier molecular flexibility index (Phi) is 9.83. The Morgan fingerprint density at radius 3 is 2.68 bits per heavy atom. The van der Waals surface area contributed by atoms with Crippen molar-refractivity contribution in [2.45, 2.75) is 25.3 Å². The van der Waals surface area contributed by atoms with Crippen molar-refractivity contribution in [1.29, 1.82) is 0 Å². The molecular formula is C37H40FN9O3. The minimum absolute atomic E-state index is 0.0169. The molecule has 1 aliphatic heterocycles. The van der Waals surface area contributed by atoms with Crippen molar-refractivity contribution in [3.8, 4) is 11.4 Å². The highest BCUT2D eigenvalue weighted by Gasteiger charge is 2.25. The zero-order chi connectivity index (χ0) is 34.5. The Morgan fingerprint density at radius 2 is 1.90 bits per heavy atom. The predicted molar refractivity (Wildman–Crippen MR) is 187 cm³/mol. The number of fused-ring (bicyclic) bond motifs is 1. The number of hydrogen-bond acceptors (Lipinski definition) is 9. The summed E-state index contributed by atoms with van der Waals surface area (Å²) in [7, 11) is 3.34. The van der Waals surface area contributed by atoms with E-state index >= 15 is 0 Å². The molecule has 1 saturated heterocycles. The van der Waals surface area contributed by atoms with Crippen LogP contribution >= 0.6 is 0 Å². The number of carbonyl (C=O) groups is 1. The fraction of sp³-hybridized carbons (Fsp3) is 0.324. The Bertz CT molecular complexity index is 2010. The molecule has 0 aliphatic carbocycles. The maximum atomic E-state index is 14.0. The first-order chi connectivity index (χ1) is 24.5. The van der Waals surface area contributed by atoms with Gasteiger partial charge < -0.3 is 28.4 Å². The number of tetrazole rings is 1. The molecule has 12 nitrogen and oxygen atoms in total. The summed E-state index contributed by atoms with van der Waals surface area (Å²) in [4.78, 5) is 25.5. The topological polar surface area (TPSA) is 111 Å². The van der Waals surface area contributed by atoms with Crippen molar-refractivity contribution < 1.29 is 18.3 Å². The number of ether oxygens (including phenoxy) is 1. The van der Waals surface area contributed by atoms with E-state index in [2.05, 4.69) is 48.1 Å². The van der Waals surface area contributed by atoms with Crippen LogP contribution in [0.3, 0.4) is 0 Å². The third-order valence-electron chi connectivity index (χ3n) is 9.43. The lowest BCUT2D eigenvalue weighted by Crippen LogP contribution is -2.35. The van der Waals surface area contributed by atoms with Gasteiger partial charge in [-0.05, 0) is 90.5 Å². The summed E-state index contributed by atoms with van der Waals surface area (Å²) in [5.74, 6) is 0.944. The van der Waals surface area contributed by atoms with Gasteiger partial charge in [-0.3, -0.25) is 4.79 Å². The predicted octanol–water partition coefficient (Wildman–Crippen LogP) is 5.26. The maximum Gasteiger partial charge on any atom is 0.257 e. The number of rotatable bonds is 12. The quantitative estimate of drug-likeness (QED) is 0.171. The molecule has 1 aliphatic rings. The molecule has 1 amide bonds. The second-order valence-corrected chi connectivity index (χ2v) is 12.7. The number of para-hydroxylation sites is 2. The van der Waals surface area contributed by atoms with Crippen molar-refractivity contribution in [2.24, 2.45) is 0 Å². The average Bonchev–Trinajstić information content (AvgIpc) is 3.91. The molecule has 0 N–H and O–H groups in total. The zero-order valence-corrected chi connectivity index (χ0v) is 28.2. The molecule has 1 atom stereocenters. The highest BCUT2D eigenvalue weighted by Crippen LogP contribution is 2.28. The lowest BCUT2D eigenvalue weighted by atomic mass is 9.94. The molecule has 3 aromatic carbocycles. The minimum atomic E-state index is -0.285. The Balaban J connectivity index is 1.05. The molecule has 0 saturated carbocycles. The number of imidazole rings is 1. The number of likely N-dealkylation sites (N-methyl/N-ethyl adjacent to an activating group) is 1. The first-order valence-electron chi connectivity index (χ1n) is 16.8. The molecule has 0 bridgehead atoms. The summed E-state index contributed by atoms with van der Waals surface area (Å²) in [6, 6.07) is 22.2. The Hall–Kier alpha value is -5.56. The highest BCUT2D eigenvalue weighted by atomic mass is 19.1. The van der Waals surface area contributed by atoms with Gasteiger partial charge in [0.05, 0.1) is 48.5 Å². The van der Waals surface area contributed by atoms with Crippen LogP contribution in [0.15, 0.2) is 96.1 Å². The molecule has 258 valence electrons. The van der Waals surface area contributed by atoms with Crippen LogP contribution in [0, 0.1) is 5.82 Å². The molecule has 6 aromatic rings. The third-order valence-corrected chi connectivity index (χ3v) is 9.43. The van der Waals surface area contributed by atoms with E-state index in [1.807, 2.05) is 24.3 Å². The molecule has 3 aromatic heterocycles. The SMILES string of the molecule is COc1ccc(-n2cnnn2)cc1C(=O)N(C)CC(CCN1CCCN(c2nc3ccccc3n2Cc2ccoc2)CC1)c1ccc(F)cc1. The first-order valence-corrected chi connectivity index (χ1v) is 16.8. The van der Waals surface area contributed by atoms with E-state index in [1.54, 1.807) is 49.8 Å².